The zero-order valence-electron chi connectivity index (χ0n) is 12.4. The van der Waals surface area contributed by atoms with E-state index < -0.39 is 0 Å². The fraction of sp³-hybridized carbons (Fsp3) is 0.231. The molecule has 0 saturated carbocycles. The Kier molecular flexibility index (Phi) is 10.7. The summed E-state index contributed by atoms with van der Waals surface area (Å²) in [4.78, 5) is 0. The third kappa shape index (κ3) is 7.69. The van der Waals surface area contributed by atoms with Gasteiger partial charge in [0.2, 0.25) is 0 Å². The van der Waals surface area contributed by atoms with Gasteiger partial charge < -0.3 is 21.1 Å². The van der Waals surface area contributed by atoms with E-state index in [0.717, 1.165) is 11.1 Å². The molecule has 0 aliphatic carbocycles. The van der Waals surface area contributed by atoms with Crippen molar-refractivity contribution in [1.82, 2.24) is 10.6 Å². The third-order valence-corrected chi connectivity index (χ3v) is 3.01. The molecule has 1 rings (SSSR count). The minimum absolute atomic E-state index is 0. The number of aryl methyl sites for hydroxylation is 1. The van der Waals surface area contributed by atoms with E-state index in [9.17, 15) is 0 Å². The molecule has 0 amide bonds. The summed E-state index contributed by atoms with van der Waals surface area (Å²) in [7, 11) is 3.42. The van der Waals surface area contributed by atoms with Crippen molar-refractivity contribution >= 4 is 46.6 Å². The molecule has 1 aromatic rings. The Labute approximate surface area is 151 Å². The minimum atomic E-state index is 0. The molecular weight excluding hydrogens is 368 g/mol. The fourth-order valence-corrected chi connectivity index (χ4v) is 1.32. The SMILES string of the molecule is CNC(=[SH+])[N-]N=CC(=N[N-]C(=[SH+])NC)c1ccc(C)cc1.[Cu]. The first-order valence-electron chi connectivity index (χ1n) is 6.14. The first-order chi connectivity index (χ1) is 10.1. The van der Waals surface area contributed by atoms with Crippen LogP contribution in [0.25, 0.3) is 10.9 Å². The van der Waals surface area contributed by atoms with Crippen LogP contribution in [0.15, 0.2) is 34.5 Å². The van der Waals surface area contributed by atoms with Gasteiger partial charge in [0, 0.05) is 23.3 Å². The van der Waals surface area contributed by atoms with E-state index in [1.54, 1.807) is 14.1 Å². The maximum atomic E-state index is 4.12. The minimum Gasteiger partial charge on any atom is -0.515 e. The Morgan fingerprint density at radius 1 is 1.05 bits per heavy atom. The summed E-state index contributed by atoms with van der Waals surface area (Å²) < 4.78 is 0. The molecule has 0 aliphatic heterocycles. The van der Waals surface area contributed by atoms with Crippen molar-refractivity contribution in [2.45, 2.75) is 6.92 Å². The third-order valence-electron chi connectivity index (χ3n) is 2.38. The van der Waals surface area contributed by atoms with Crippen molar-refractivity contribution in [3.8, 4) is 0 Å². The molecule has 0 bridgehead atoms. The van der Waals surface area contributed by atoms with E-state index in [0.29, 0.717) is 15.9 Å². The second-order valence-electron chi connectivity index (χ2n) is 3.94. The molecule has 0 atom stereocenters. The molecule has 1 radical (unpaired) electrons. The molecular formula is C13H18CuN6S2. The number of hydrogen-bond donors (Lipinski definition) is 2. The van der Waals surface area contributed by atoms with E-state index in [1.165, 1.54) is 6.21 Å². The van der Waals surface area contributed by atoms with Gasteiger partial charge in [-0.1, -0.05) is 29.8 Å². The van der Waals surface area contributed by atoms with E-state index in [1.807, 2.05) is 31.2 Å². The summed E-state index contributed by atoms with van der Waals surface area (Å²) >= 11 is 8.18. The van der Waals surface area contributed by atoms with Crippen LogP contribution in [0.2, 0.25) is 0 Å². The summed E-state index contributed by atoms with van der Waals surface area (Å²) in [5.41, 5.74) is 10.4. The zero-order valence-corrected chi connectivity index (χ0v) is 15.1. The largest absolute Gasteiger partial charge is 0.515 e. The van der Waals surface area contributed by atoms with Crippen molar-refractivity contribution in [3.05, 3.63) is 46.2 Å². The number of benzene rings is 1. The maximum Gasteiger partial charge on any atom is 0.186 e. The van der Waals surface area contributed by atoms with Crippen LogP contribution in [-0.4, -0.2) is 36.2 Å². The van der Waals surface area contributed by atoms with E-state index in [-0.39, 0.29) is 17.1 Å². The molecule has 6 nitrogen and oxygen atoms in total. The summed E-state index contributed by atoms with van der Waals surface area (Å²) in [5, 5.41) is 14.4. The van der Waals surface area contributed by atoms with Crippen molar-refractivity contribution in [2.75, 3.05) is 14.1 Å². The zero-order chi connectivity index (χ0) is 15.7. The molecule has 0 fully saturated rings. The van der Waals surface area contributed by atoms with Gasteiger partial charge in [-0.15, -0.1) is 0 Å². The Morgan fingerprint density at radius 2 is 1.59 bits per heavy atom. The molecule has 9 heteroatoms. The van der Waals surface area contributed by atoms with Crippen LogP contribution in [0.3, 0.4) is 0 Å². The quantitative estimate of drug-likeness (QED) is 0.199. The molecule has 0 aliphatic rings. The number of hydrogen-bond acceptors (Lipinski definition) is 2. The maximum absolute atomic E-state index is 4.12. The van der Waals surface area contributed by atoms with E-state index in [2.05, 4.69) is 56.1 Å². The van der Waals surface area contributed by atoms with Gasteiger partial charge in [-0.3, -0.25) is 10.6 Å². The smallest absolute Gasteiger partial charge is 0.186 e. The van der Waals surface area contributed by atoms with Crippen molar-refractivity contribution in [2.24, 2.45) is 10.2 Å². The first kappa shape index (κ1) is 20.8. The van der Waals surface area contributed by atoms with Crippen LogP contribution in [0.5, 0.6) is 0 Å². The monoisotopic (exact) mass is 385 g/mol. The predicted molar refractivity (Wildman–Crippen MR) is 98.6 cm³/mol. The Balaban J connectivity index is 0.00000441. The van der Waals surface area contributed by atoms with Crippen molar-refractivity contribution in [1.29, 1.82) is 0 Å². The van der Waals surface area contributed by atoms with E-state index >= 15 is 0 Å². The van der Waals surface area contributed by atoms with Crippen molar-refractivity contribution in [3.63, 3.8) is 0 Å². The van der Waals surface area contributed by atoms with Gasteiger partial charge in [0.25, 0.3) is 0 Å². The normalized spacial score (nSPS) is 11.0. The summed E-state index contributed by atoms with van der Waals surface area (Å²) in [6.07, 6.45) is 1.51. The van der Waals surface area contributed by atoms with Crippen LogP contribution in [0.1, 0.15) is 11.1 Å². The Hall–Kier alpha value is -1.22. The number of thiol groups is 2. The average molecular weight is 386 g/mol. The molecule has 0 saturated heterocycles. The van der Waals surface area contributed by atoms with Crippen LogP contribution in [0, 0.1) is 6.92 Å². The summed E-state index contributed by atoms with van der Waals surface area (Å²) in [6.45, 7) is 2.02. The number of nitrogens with one attached hydrogen (secondary N) is 2. The molecule has 123 valence electrons. The van der Waals surface area contributed by atoms with Gasteiger partial charge >= 0.3 is 0 Å². The van der Waals surface area contributed by atoms with Gasteiger partial charge in [-0.05, 0) is 26.6 Å². The predicted octanol–water partition coefficient (Wildman–Crippen LogP) is 0.602. The van der Waals surface area contributed by atoms with Crippen LogP contribution in [0.4, 0.5) is 0 Å². The molecule has 0 aromatic heterocycles. The molecule has 0 spiro atoms. The Morgan fingerprint density at radius 3 is 2.14 bits per heavy atom. The van der Waals surface area contributed by atoms with Gasteiger partial charge in [-0.25, -0.2) is 0 Å². The van der Waals surface area contributed by atoms with Gasteiger partial charge in [-0.2, -0.15) is 0 Å². The van der Waals surface area contributed by atoms with Gasteiger partial charge in [0.15, 0.2) is 34.7 Å². The fourth-order valence-electron chi connectivity index (χ4n) is 1.22. The second-order valence-corrected chi connectivity index (χ2v) is 4.79. The molecule has 2 N–H and O–H groups in total. The molecule has 22 heavy (non-hydrogen) atoms. The van der Waals surface area contributed by atoms with Gasteiger partial charge in [0.05, 0.1) is 5.71 Å². The van der Waals surface area contributed by atoms with Crippen molar-refractivity contribution < 1.29 is 17.1 Å². The second kappa shape index (κ2) is 11.4. The average Bonchev–Trinajstić information content (AvgIpc) is 2.50. The van der Waals surface area contributed by atoms with Gasteiger partial charge in [0.1, 0.15) is 0 Å². The summed E-state index contributed by atoms with van der Waals surface area (Å²) in [6, 6.07) is 7.86. The number of rotatable bonds is 4. The molecule has 1 aromatic carbocycles. The van der Waals surface area contributed by atoms with Crippen LogP contribution >= 0.6 is 0 Å². The topological polar surface area (TPSA) is 77.0 Å². The standard InChI is InChI=1S/C13H18N6S2.Cu/c1-9-4-6-10(7-5-9)11(17-19-13(21)15-3)8-16-18-12(20)14-2;/h4-8H,1-3H3,(H4,14,15,16,17,18,19,20,21);. The van der Waals surface area contributed by atoms with Crippen LogP contribution in [-0.2, 0) is 41.5 Å². The first-order valence-corrected chi connectivity index (χ1v) is 7.03. The number of nitrogens with zero attached hydrogens (tertiary/aromatic N) is 4. The molecule has 0 heterocycles. The van der Waals surface area contributed by atoms with Crippen LogP contribution < -0.4 is 10.6 Å². The molecule has 0 unspecified atom stereocenters. The Bertz CT molecular complexity index is 556. The summed E-state index contributed by atoms with van der Waals surface area (Å²) in [5.74, 6) is 0. The van der Waals surface area contributed by atoms with E-state index in [4.69, 9.17) is 0 Å².